The number of benzene rings is 1. The van der Waals surface area contributed by atoms with Crippen LogP contribution in [0.5, 0.6) is 5.75 Å². The summed E-state index contributed by atoms with van der Waals surface area (Å²) in [6.07, 6.45) is 2.99. The van der Waals surface area contributed by atoms with Gasteiger partial charge in [-0.1, -0.05) is 23.2 Å². The van der Waals surface area contributed by atoms with E-state index in [0.717, 1.165) is 0 Å². The fourth-order valence-corrected chi connectivity index (χ4v) is 1.81. The minimum atomic E-state index is -0.564. The molecular formula is C12H11Cl2N3O2. The Balaban J connectivity index is 2.14. The van der Waals surface area contributed by atoms with Crippen LogP contribution in [0.1, 0.15) is 13.0 Å². The predicted molar refractivity (Wildman–Crippen MR) is 73.7 cm³/mol. The molecule has 0 fully saturated rings. The first-order chi connectivity index (χ1) is 8.97. The molecule has 0 saturated carbocycles. The van der Waals surface area contributed by atoms with Crippen molar-refractivity contribution < 1.29 is 9.90 Å². The zero-order valence-electron chi connectivity index (χ0n) is 9.97. The molecule has 0 spiro atoms. The van der Waals surface area contributed by atoms with Gasteiger partial charge in [0.2, 0.25) is 5.91 Å². The summed E-state index contributed by atoms with van der Waals surface area (Å²) in [5, 5.41) is 17.0. The number of anilines is 1. The van der Waals surface area contributed by atoms with Gasteiger partial charge in [0.05, 0.1) is 16.9 Å². The van der Waals surface area contributed by atoms with Gasteiger partial charge in [0.15, 0.2) is 0 Å². The van der Waals surface area contributed by atoms with E-state index in [1.807, 2.05) is 0 Å². The van der Waals surface area contributed by atoms with Gasteiger partial charge in [-0.05, 0) is 25.1 Å². The Labute approximate surface area is 119 Å². The average Bonchev–Trinajstić information content (AvgIpc) is 2.79. The number of aromatic hydroxyl groups is 1. The van der Waals surface area contributed by atoms with Gasteiger partial charge in [0.25, 0.3) is 0 Å². The second-order valence-corrected chi connectivity index (χ2v) is 4.84. The highest BCUT2D eigenvalue weighted by Gasteiger charge is 2.17. The monoisotopic (exact) mass is 299 g/mol. The van der Waals surface area contributed by atoms with E-state index < -0.39 is 6.04 Å². The summed E-state index contributed by atoms with van der Waals surface area (Å²) in [6, 6.07) is 3.85. The van der Waals surface area contributed by atoms with Gasteiger partial charge in [0, 0.05) is 11.2 Å². The Kier molecular flexibility index (Phi) is 3.97. The lowest BCUT2D eigenvalue weighted by molar-refractivity contribution is -0.119. The molecule has 1 atom stereocenters. The third-order valence-corrected chi connectivity index (χ3v) is 2.99. The van der Waals surface area contributed by atoms with Crippen LogP contribution in [0.15, 0.2) is 30.6 Å². The quantitative estimate of drug-likeness (QED) is 0.856. The molecule has 1 amide bonds. The minimum absolute atomic E-state index is 0.0524. The van der Waals surface area contributed by atoms with Crippen LogP contribution in [0, 0.1) is 0 Å². The molecular weight excluding hydrogens is 289 g/mol. The second kappa shape index (κ2) is 5.50. The molecule has 7 heteroatoms. The Morgan fingerprint density at radius 2 is 2.16 bits per heavy atom. The number of rotatable bonds is 3. The minimum Gasteiger partial charge on any atom is -0.506 e. The number of nitrogens with zero attached hydrogens (tertiary/aromatic N) is 2. The highest BCUT2D eigenvalue weighted by atomic mass is 35.5. The van der Waals surface area contributed by atoms with E-state index in [2.05, 4.69) is 10.4 Å². The van der Waals surface area contributed by atoms with Gasteiger partial charge in [-0.15, -0.1) is 0 Å². The van der Waals surface area contributed by atoms with Crippen LogP contribution in [-0.4, -0.2) is 20.8 Å². The second-order valence-electron chi connectivity index (χ2n) is 3.97. The largest absolute Gasteiger partial charge is 0.506 e. The maximum atomic E-state index is 12.0. The summed E-state index contributed by atoms with van der Waals surface area (Å²) >= 11 is 11.5. The molecule has 2 rings (SSSR count). The average molecular weight is 300 g/mol. The van der Waals surface area contributed by atoms with Crippen LogP contribution in [-0.2, 0) is 4.79 Å². The molecule has 1 heterocycles. The number of amides is 1. The van der Waals surface area contributed by atoms with Crippen LogP contribution < -0.4 is 5.32 Å². The van der Waals surface area contributed by atoms with E-state index in [9.17, 15) is 9.90 Å². The maximum Gasteiger partial charge on any atom is 0.249 e. The van der Waals surface area contributed by atoms with Gasteiger partial charge in [-0.3, -0.25) is 9.48 Å². The Hall–Kier alpha value is -1.72. The molecule has 100 valence electrons. The first-order valence-corrected chi connectivity index (χ1v) is 6.22. The molecule has 1 unspecified atom stereocenters. The third-order valence-electron chi connectivity index (χ3n) is 2.56. The van der Waals surface area contributed by atoms with Crippen molar-refractivity contribution in [3.05, 3.63) is 40.6 Å². The summed E-state index contributed by atoms with van der Waals surface area (Å²) in [5.41, 5.74) is 0.252. The summed E-state index contributed by atoms with van der Waals surface area (Å²) in [6.45, 7) is 1.67. The van der Waals surface area contributed by atoms with Crippen molar-refractivity contribution >= 4 is 34.8 Å². The SMILES string of the molecule is CC(C(=O)Nc1cc(Cl)ccc1O)n1cc(Cl)cn1. The van der Waals surface area contributed by atoms with Crippen molar-refractivity contribution in [1.29, 1.82) is 0 Å². The molecule has 1 aromatic heterocycles. The Morgan fingerprint density at radius 3 is 2.79 bits per heavy atom. The number of phenols is 1. The topological polar surface area (TPSA) is 67.2 Å². The van der Waals surface area contributed by atoms with Crippen molar-refractivity contribution in [2.24, 2.45) is 0 Å². The molecule has 2 N–H and O–H groups in total. The zero-order chi connectivity index (χ0) is 14.0. The van der Waals surface area contributed by atoms with Gasteiger partial charge < -0.3 is 10.4 Å². The highest BCUT2D eigenvalue weighted by Crippen LogP contribution is 2.27. The molecule has 0 aliphatic rings. The Bertz CT molecular complexity index is 613. The van der Waals surface area contributed by atoms with Crippen LogP contribution in [0.25, 0.3) is 0 Å². The summed E-state index contributed by atoms with van der Waals surface area (Å²) < 4.78 is 1.43. The highest BCUT2D eigenvalue weighted by molar-refractivity contribution is 6.31. The molecule has 0 saturated heterocycles. The van der Waals surface area contributed by atoms with E-state index in [1.165, 1.54) is 29.1 Å². The van der Waals surface area contributed by atoms with E-state index in [0.29, 0.717) is 10.0 Å². The lowest BCUT2D eigenvalue weighted by atomic mass is 10.2. The van der Waals surface area contributed by atoms with Gasteiger partial charge in [-0.25, -0.2) is 0 Å². The fourth-order valence-electron chi connectivity index (χ4n) is 1.49. The number of halogens is 2. The number of aromatic nitrogens is 2. The molecule has 0 bridgehead atoms. The number of hydrogen-bond acceptors (Lipinski definition) is 3. The number of phenolic OH excluding ortho intramolecular Hbond substituents is 1. The van der Waals surface area contributed by atoms with E-state index in [4.69, 9.17) is 23.2 Å². The number of nitrogens with one attached hydrogen (secondary N) is 1. The molecule has 0 aliphatic carbocycles. The van der Waals surface area contributed by atoms with Gasteiger partial charge in [-0.2, -0.15) is 5.10 Å². The van der Waals surface area contributed by atoms with Crippen molar-refractivity contribution in [2.75, 3.05) is 5.32 Å². The fraction of sp³-hybridized carbons (Fsp3) is 0.167. The van der Waals surface area contributed by atoms with Crippen molar-refractivity contribution in [1.82, 2.24) is 9.78 Å². The zero-order valence-corrected chi connectivity index (χ0v) is 11.5. The predicted octanol–water partition coefficient (Wildman–Crippen LogP) is 3.10. The molecule has 0 radical (unpaired) electrons. The van der Waals surface area contributed by atoms with Crippen molar-refractivity contribution in [3.63, 3.8) is 0 Å². The number of carbonyl (C=O) groups is 1. The van der Waals surface area contributed by atoms with E-state index in [1.54, 1.807) is 13.1 Å². The van der Waals surface area contributed by atoms with Crippen molar-refractivity contribution in [3.8, 4) is 5.75 Å². The smallest absolute Gasteiger partial charge is 0.249 e. The molecule has 2 aromatic rings. The van der Waals surface area contributed by atoms with Crippen LogP contribution in [0.3, 0.4) is 0 Å². The van der Waals surface area contributed by atoms with Gasteiger partial charge >= 0.3 is 0 Å². The van der Waals surface area contributed by atoms with Gasteiger partial charge in [0.1, 0.15) is 11.8 Å². The van der Waals surface area contributed by atoms with E-state index >= 15 is 0 Å². The molecule has 1 aromatic carbocycles. The molecule has 19 heavy (non-hydrogen) atoms. The lowest BCUT2D eigenvalue weighted by Gasteiger charge is -2.13. The van der Waals surface area contributed by atoms with Crippen LogP contribution in [0.2, 0.25) is 10.0 Å². The number of hydrogen-bond donors (Lipinski definition) is 2. The number of carbonyl (C=O) groups excluding carboxylic acids is 1. The maximum absolute atomic E-state index is 12.0. The normalized spacial score (nSPS) is 12.2. The van der Waals surface area contributed by atoms with Crippen LogP contribution >= 0.6 is 23.2 Å². The van der Waals surface area contributed by atoms with Crippen molar-refractivity contribution in [2.45, 2.75) is 13.0 Å². The first-order valence-electron chi connectivity index (χ1n) is 5.46. The standard InChI is InChI=1S/C12H11Cl2N3O2/c1-7(17-6-9(14)5-15-17)12(19)16-10-4-8(13)2-3-11(10)18/h2-7,18H,1H3,(H,16,19). The summed E-state index contributed by atoms with van der Waals surface area (Å²) in [7, 11) is 0. The summed E-state index contributed by atoms with van der Waals surface area (Å²) in [4.78, 5) is 12.0. The first kappa shape index (κ1) is 13.7. The van der Waals surface area contributed by atoms with Crippen LogP contribution in [0.4, 0.5) is 5.69 Å². The third kappa shape index (κ3) is 3.19. The Morgan fingerprint density at radius 1 is 1.42 bits per heavy atom. The lowest BCUT2D eigenvalue weighted by Crippen LogP contribution is -2.24. The summed E-state index contributed by atoms with van der Waals surface area (Å²) in [5.74, 6) is -0.388. The molecule has 5 nitrogen and oxygen atoms in total. The van der Waals surface area contributed by atoms with E-state index in [-0.39, 0.29) is 17.3 Å². The molecule has 0 aliphatic heterocycles.